The van der Waals surface area contributed by atoms with E-state index in [4.69, 9.17) is 0 Å². The summed E-state index contributed by atoms with van der Waals surface area (Å²) in [6.07, 6.45) is 14.8. The first kappa shape index (κ1) is 18.6. The number of nitrogens with one attached hydrogen (secondary N) is 1. The van der Waals surface area contributed by atoms with Crippen molar-refractivity contribution in [3.05, 3.63) is 36.7 Å². The van der Waals surface area contributed by atoms with Crippen LogP contribution in [0.1, 0.15) is 44.9 Å². The fraction of sp³-hybridized carbons (Fsp3) is 0.550. The van der Waals surface area contributed by atoms with Crippen LogP contribution in [0.4, 0.5) is 5.82 Å². The van der Waals surface area contributed by atoms with Crippen LogP contribution in [0, 0.1) is 5.92 Å². The summed E-state index contributed by atoms with van der Waals surface area (Å²) in [5.74, 6) is 1.66. The second-order valence-electron chi connectivity index (χ2n) is 7.51. The third kappa shape index (κ3) is 4.55. The van der Waals surface area contributed by atoms with Gasteiger partial charge in [0.2, 0.25) is 5.91 Å². The zero-order chi connectivity index (χ0) is 19.2. The van der Waals surface area contributed by atoms with E-state index in [1.54, 1.807) is 11.0 Å². The van der Waals surface area contributed by atoms with Crippen molar-refractivity contribution < 1.29 is 4.79 Å². The van der Waals surface area contributed by atoms with Crippen LogP contribution in [0.2, 0.25) is 0 Å². The van der Waals surface area contributed by atoms with Crippen molar-refractivity contribution in [2.45, 2.75) is 44.9 Å². The SMILES string of the molecule is O=C(NCCC1=CCCCC1)C1CCCN(c2cc(-n3cncn3)ncn2)C1. The molecule has 1 amide bonds. The molecule has 4 rings (SSSR count). The van der Waals surface area contributed by atoms with Crippen molar-refractivity contribution in [2.75, 3.05) is 24.5 Å². The Bertz CT molecular complexity index is 818. The van der Waals surface area contributed by atoms with E-state index in [1.165, 1.54) is 43.9 Å². The largest absolute Gasteiger partial charge is 0.356 e. The number of anilines is 1. The third-order valence-corrected chi connectivity index (χ3v) is 5.54. The first-order valence-electron chi connectivity index (χ1n) is 10.2. The highest BCUT2D eigenvalue weighted by Gasteiger charge is 2.26. The number of carbonyl (C=O) groups excluding carboxylic acids is 1. The van der Waals surface area contributed by atoms with Gasteiger partial charge in [-0.2, -0.15) is 5.10 Å². The number of piperidine rings is 1. The maximum Gasteiger partial charge on any atom is 0.224 e. The molecular weight excluding hydrogens is 354 g/mol. The van der Waals surface area contributed by atoms with Gasteiger partial charge in [0.1, 0.15) is 24.8 Å². The van der Waals surface area contributed by atoms with Crippen molar-refractivity contribution in [1.82, 2.24) is 30.0 Å². The normalized spacial score (nSPS) is 19.9. The minimum absolute atomic E-state index is 0.00105. The average molecular weight is 381 g/mol. The van der Waals surface area contributed by atoms with E-state index >= 15 is 0 Å². The molecule has 0 saturated carbocycles. The molecule has 1 aliphatic heterocycles. The van der Waals surface area contributed by atoms with E-state index in [2.05, 4.69) is 36.3 Å². The highest BCUT2D eigenvalue weighted by atomic mass is 16.1. The molecule has 0 spiro atoms. The highest BCUT2D eigenvalue weighted by Crippen LogP contribution is 2.23. The number of carbonyl (C=O) groups is 1. The van der Waals surface area contributed by atoms with Gasteiger partial charge in [0, 0.05) is 25.7 Å². The van der Waals surface area contributed by atoms with Crippen LogP contribution in [0.25, 0.3) is 5.82 Å². The number of aromatic nitrogens is 5. The molecule has 0 bridgehead atoms. The molecule has 2 aromatic heterocycles. The first-order chi connectivity index (χ1) is 13.8. The van der Waals surface area contributed by atoms with Crippen LogP contribution in [-0.4, -0.2) is 50.3 Å². The number of rotatable bonds is 6. The Balaban J connectivity index is 1.33. The minimum atomic E-state index is -0.00105. The molecule has 2 aromatic rings. The van der Waals surface area contributed by atoms with E-state index in [-0.39, 0.29) is 11.8 Å². The van der Waals surface area contributed by atoms with Crippen LogP contribution >= 0.6 is 0 Å². The van der Waals surface area contributed by atoms with Gasteiger partial charge < -0.3 is 10.2 Å². The third-order valence-electron chi connectivity index (χ3n) is 5.54. The molecule has 1 saturated heterocycles. The highest BCUT2D eigenvalue weighted by molar-refractivity contribution is 5.79. The zero-order valence-corrected chi connectivity index (χ0v) is 16.1. The van der Waals surface area contributed by atoms with Gasteiger partial charge in [-0.1, -0.05) is 11.6 Å². The number of amides is 1. The van der Waals surface area contributed by atoms with Gasteiger partial charge in [0.15, 0.2) is 5.82 Å². The minimum Gasteiger partial charge on any atom is -0.356 e. The van der Waals surface area contributed by atoms with Crippen LogP contribution < -0.4 is 10.2 Å². The lowest BCUT2D eigenvalue weighted by Gasteiger charge is -2.33. The van der Waals surface area contributed by atoms with E-state index in [0.717, 1.165) is 38.2 Å². The predicted octanol–water partition coefficient (Wildman–Crippen LogP) is 2.28. The molecule has 1 N–H and O–H groups in total. The molecule has 8 heteroatoms. The predicted molar refractivity (Wildman–Crippen MR) is 106 cm³/mol. The number of hydrogen-bond acceptors (Lipinski definition) is 6. The zero-order valence-electron chi connectivity index (χ0n) is 16.1. The molecule has 1 fully saturated rings. The van der Waals surface area contributed by atoms with Crippen molar-refractivity contribution >= 4 is 11.7 Å². The summed E-state index contributed by atoms with van der Waals surface area (Å²) in [6.45, 7) is 2.32. The Morgan fingerprint density at radius 2 is 2.11 bits per heavy atom. The van der Waals surface area contributed by atoms with Crippen molar-refractivity contribution in [3.63, 3.8) is 0 Å². The lowest BCUT2D eigenvalue weighted by Crippen LogP contribution is -2.43. The van der Waals surface area contributed by atoms with Gasteiger partial charge in [0.25, 0.3) is 0 Å². The Kier molecular flexibility index (Phi) is 5.94. The molecular formula is C20H27N7O. The Morgan fingerprint density at radius 1 is 1.18 bits per heavy atom. The summed E-state index contributed by atoms with van der Waals surface area (Å²) in [4.78, 5) is 27.4. The second-order valence-corrected chi connectivity index (χ2v) is 7.51. The lowest BCUT2D eigenvalue weighted by molar-refractivity contribution is -0.125. The molecule has 8 nitrogen and oxygen atoms in total. The lowest BCUT2D eigenvalue weighted by atomic mass is 9.96. The van der Waals surface area contributed by atoms with Crippen LogP contribution in [0.5, 0.6) is 0 Å². The van der Waals surface area contributed by atoms with Crippen LogP contribution in [0.3, 0.4) is 0 Å². The van der Waals surface area contributed by atoms with Gasteiger partial charge in [0.05, 0.1) is 5.92 Å². The molecule has 2 aliphatic rings. The van der Waals surface area contributed by atoms with Gasteiger partial charge in [-0.25, -0.2) is 19.6 Å². The molecule has 1 atom stereocenters. The topological polar surface area (TPSA) is 88.8 Å². The monoisotopic (exact) mass is 381 g/mol. The Labute approximate surface area is 165 Å². The fourth-order valence-electron chi connectivity index (χ4n) is 3.98. The van der Waals surface area contributed by atoms with Crippen molar-refractivity contribution in [1.29, 1.82) is 0 Å². The van der Waals surface area contributed by atoms with E-state index in [1.807, 2.05) is 6.07 Å². The van der Waals surface area contributed by atoms with Crippen molar-refractivity contribution in [3.8, 4) is 5.82 Å². The summed E-state index contributed by atoms with van der Waals surface area (Å²) in [6, 6.07) is 1.89. The van der Waals surface area contributed by atoms with Crippen molar-refractivity contribution in [2.24, 2.45) is 5.92 Å². The maximum absolute atomic E-state index is 12.7. The van der Waals surface area contributed by atoms with E-state index < -0.39 is 0 Å². The number of hydrogen-bond donors (Lipinski definition) is 1. The van der Waals surface area contributed by atoms with Gasteiger partial charge >= 0.3 is 0 Å². The summed E-state index contributed by atoms with van der Waals surface area (Å²) < 4.78 is 1.61. The summed E-state index contributed by atoms with van der Waals surface area (Å²) in [7, 11) is 0. The van der Waals surface area contributed by atoms with Gasteiger partial charge in [-0.15, -0.1) is 0 Å². The molecule has 1 aliphatic carbocycles. The van der Waals surface area contributed by atoms with E-state index in [9.17, 15) is 4.79 Å². The van der Waals surface area contributed by atoms with E-state index in [0.29, 0.717) is 12.4 Å². The fourth-order valence-corrected chi connectivity index (χ4v) is 3.98. The first-order valence-corrected chi connectivity index (χ1v) is 10.2. The molecule has 1 unspecified atom stereocenters. The second kappa shape index (κ2) is 8.95. The molecule has 148 valence electrons. The summed E-state index contributed by atoms with van der Waals surface area (Å²) in [5, 5.41) is 7.26. The summed E-state index contributed by atoms with van der Waals surface area (Å²) >= 11 is 0. The Hall–Kier alpha value is -2.77. The van der Waals surface area contributed by atoms with Crippen LogP contribution in [-0.2, 0) is 4.79 Å². The average Bonchev–Trinajstić information content (AvgIpc) is 3.30. The van der Waals surface area contributed by atoms with Gasteiger partial charge in [-0.3, -0.25) is 4.79 Å². The quantitative estimate of drug-likeness (QED) is 0.772. The molecule has 28 heavy (non-hydrogen) atoms. The Morgan fingerprint density at radius 3 is 2.93 bits per heavy atom. The molecule has 0 radical (unpaired) electrons. The van der Waals surface area contributed by atoms with Gasteiger partial charge in [-0.05, 0) is 44.9 Å². The standard InChI is InChI=1S/C20H27N7O/c28-20(22-9-8-16-5-2-1-3-6-16)17-7-4-10-26(12-17)18-11-19(24-14-23-18)27-15-21-13-25-27/h5,11,13-15,17H,1-4,6-10,12H2,(H,22,28). The molecule has 0 aromatic carbocycles. The smallest absolute Gasteiger partial charge is 0.224 e. The van der Waals surface area contributed by atoms with Crippen LogP contribution in [0.15, 0.2) is 36.7 Å². The maximum atomic E-state index is 12.7. The molecule has 3 heterocycles. The number of nitrogens with zero attached hydrogens (tertiary/aromatic N) is 6. The number of allylic oxidation sites excluding steroid dienone is 1. The summed E-state index contributed by atoms with van der Waals surface area (Å²) in [5.41, 5.74) is 1.50.